The van der Waals surface area contributed by atoms with E-state index in [9.17, 15) is 0 Å². The zero-order valence-corrected chi connectivity index (χ0v) is 4.04. The summed E-state index contributed by atoms with van der Waals surface area (Å²) < 4.78 is 0. The van der Waals surface area contributed by atoms with Gasteiger partial charge in [-0.25, -0.2) is 0 Å². The van der Waals surface area contributed by atoms with E-state index in [2.05, 4.69) is 0 Å². The zero-order valence-electron chi connectivity index (χ0n) is 4.04. The van der Waals surface area contributed by atoms with E-state index >= 15 is 0 Å². The molecule has 49 valence electrons. The number of benzene rings is 1. The van der Waals surface area contributed by atoms with E-state index in [0.29, 0.717) is 0 Å². The summed E-state index contributed by atoms with van der Waals surface area (Å²) in [4.78, 5) is 0. The first-order valence-corrected chi connectivity index (χ1v) is 2.00. The van der Waals surface area contributed by atoms with Crippen LogP contribution in [0, 0.1) is 0 Å². The Labute approximate surface area is 60.5 Å². The lowest BCUT2D eigenvalue weighted by Gasteiger charge is -1.69. The molecule has 0 aliphatic heterocycles. The lowest BCUT2D eigenvalue weighted by atomic mass is 10.4. The summed E-state index contributed by atoms with van der Waals surface area (Å²) in [6.45, 7) is 0. The fraction of sp³-hybridized carbons (Fsp3) is 0.250. The Balaban J connectivity index is -0.000000120. The van der Waals surface area contributed by atoms with Crippen molar-refractivity contribution in [2.45, 2.75) is 14.9 Å². The van der Waals surface area contributed by atoms with E-state index in [1.807, 2.05) is 36.4 Å². The minimum atomic E-state index is 0. The van der Waals surface area contributed by atoms with Gasteiger partial charge in [0.15, 0.2) is 0 Å². The number of rotatable bonds is 0. The van der Waals surface area contributed by atoms with Crippen LogP contribution in [0.25, 0.3) is 0 Å². The van der Waals surface area contributed by atoms with E-state index in [4.69, 9.17) is 0 Å². The monoisotopic (exact) mass is 121 g/mol. The topological polar surface area (TPSA) is 0 Å². The lowest BCUT2D eigenvalue weighted by molar-refractivity contribution is 1.72. The van der Waals surface area contributed by atoms with Crippen LogP contribution in [0.5, 0.6) is 0 Å². The maximum absolute atomic E-state index is 2.00. The molecule has 1 aromatic carbocycles. The van der Waals surface area contributed by atoms with E-state index < -0.39 is 0 Å². The summed E-state index contributed by atoms with van der Waals surface area (Å²) in [5.41, 5.74) is 0. The highest BCUT2D eigenvalue weighted by Crippen LogP contribution is 1.79. The van der Waals surface area contributed by atoms with Crippen LogP contribution in [0.15, 0.2) is 36.4 Å². The Bertz CT molecular complexity index is 76.5. The predicted molar refractivity (Wildman–Crippen MR) is 45.7 cm³/mol. The first kappa shape index (κ1) is 15.7. The first-order chi connectivity index (χ1) is 3.00. The largest absolute Gasteiger partial charge is 0.0776 e. The van der Waals surface area contributed by atoms with Gasteiger partial charge >= 0.3 is 0 Å². The Hall–Kier alpha value is -0.715. The van der Waals surface area contributed by atoms with Crippen LogP contribution in [0.3, 0.4) is 0 Å². The van der Waals surface area contributed by atoms with Crippen LogP contribution in [-0.4, -0.2) is 8.41 Å². The summed E-state index contributed by atoms with van der Waals surface area (Å²) in [5.74, 6) is 0. The Kier molecular flexibility index (Phi) is 18.0. The highest BCUT2D eigenvalue weighted by Gasteiger charge is 1.57. The predicted octanol–water partition coefficient (Wildman–Crippen LogP) is 2.58. The smallest absolute Gasteiger partial charge is 0 e. The molecule has 3 radical (unpaired) electrons. The molecule has 0 fully saturated rings. The van der Waals surface area contributed by atoms with Crippen LogP contribution in [-0.2, 0) is 0 Å². The molecule has 0 amide bonds. The van der Waals surface area contributed by atoms with Gasteiger partial charge in [0.25, 0.3) is 0 Å². The minimum Gasteiger partial charge on any atom is -0.0776 e. The van der Waals surface area contributed by atoms with Crippen molar-refractivity contribution in [3.05, 3.63) is 36.4 Å². The number of hydrogen-bond donors (Lipinski definition) is 0. The Morgan fingerprint density at radius 2 is 0.556 bits per heavy atom. The van der Waals surface area contributed by atoms with Crippen molar-refractivity contribution in [3.63, 3.8) is 0 Å². The molecule has 1 heteroatoms. The van der Waals surface area contributed by atoms with Gasteiger partial charge in [0.05, 0.1) is 0 Å². The van der Waals surface area contributed by atoms with Crippen LogP contribution in [0.1, 0.15) is 14.9 Å². The molecule has 0 heterocycles. The van der Waals surface area contributed by atoms with Crippen molar-refractivity contribution < 1.29 is 0 Å². The second-order valence-corrected chi connectivity index (χ2v) is 1.15. The van der Waals surface area contributed by atoms with Gasteiger partial charge in [0, 0.05) is 8.41 Å². The summed E-state index contributed by atoms with van der Waals surface area (Å²) in [6.07, 6.45) is 0. The van der Waals surface area contributed by atoms with E-state index in [1.54, 1.807) is 0 Å². The standard InChI is InChI=1S/C6H6.2CH4.B/c1-2-4-6-5-3-1;;;/h1-6H;2*1H4;. The van der Waals surface area contributed by atoms with Crippen LogP contribution in [0.4, 0.5) is 0 Å². The molecule has 0 aliphatic carbocycles. The van der Waals surface area contributed by atoms with Gasteiger partial charge in [-0.3, -0.25) is 0 Å². The van der Waals surface area contributed by atoms with Crippen LogP contribution in [0.2, 0.25) is 0 Å². The quantitative estimate of drug-likeness (QED) is 0.462. The molecular weight excluding hydrogens is 107 g/mol. The average Bonchev–Trinajstić information content (AvgIpc) is 1.72. The summed E-state index contributed by atoms with van der Waals surface area (Å²) in [5, 5.41) is 0. The molecule has 0 spiro atoms. The van der Waals surface area contributed by atoms with Crippen molar-refractivity contribution >= 4 is 8.41 Å². The molecule has 9 heavy (non-hydrogen) atoms. The van der Waals surface area contributed by atoms with Crippen molar-refractivity contribution in [2.24, 2.45) is 0 Å². The molecule has 1 aromatic rings. The second kappa shape index (κ2) is 10.3. The molecule has 0 N–H and O–H groups in total. The molecule has 0 bridgehead atoms. The van der Waals surface area contributed by atoms with E-state index in [-0.39, 0.29) is 23.3 Å². The zero-order chi connectivity index (χ0) is 4.24. The third kappa shape index (κ3) is 7.28. The van der Waals surface area contributed by atoms with Crippen LogP contribution < -0.4 is 0 Å². The van der Waals surface area contributed by atoms with Crippen molar-refractivity contribution in [1.82, 2.24) is 0 Å². The fourth-order valence-corrected chi connectivity index (χ4v) is 0.385. The third-order valence-corrected chi connectivity index (χ3v) is 0.667. The van der Waals surface area contributed by atoms with E-state index in [0.717, 1.165) is 0 Å². The average molecular weight is 121 g/mol. The highest BCUT2D eigenvalue weighted by atomic mass is 13.6. The van der Waals surface area contributed by atoms with Gasteiger partial charge in [-0.1, -0.05) is 51.3 Å². The van der Waals surface area contributed by atoms with Gasteiger partial charge in [-0.15, -0.1) is 0 Å². The third-order valence-electron chi connectivity index (χ3n) is 0.667. The molecular formula is C8H14B. The first-order valence-electron chi connectivity index (χ1n) is 2.00. The SMILES string of the molecule is C.C.[B].c1ccccc1. The Morgan fingerprint density at radius 3 is 0.667 bits per heavy atom. The van der Waals surface area contributed by atoms with Crippen molar-refractivity contribution in [2.75, 3.05) is 0 Å². The lowest BCUT2D eigenvalue weighted by Crippen LogP contribution is -1.47. The molecule has 0 aliphatic rings. The fourth-order valence-electron chi connectivity index (χ4n) is 0.385. The molecule has 0 atom stereocenters. The van der Waals surface area contributed by atoms with Crippen LogP contribution >= 0.6 is 0 Å². The van der Waals surface area contributed by atoms with E-state index in [1.165, 1.54) is 0 Å². The maximum atomic E-state index is 2.00. The molecule has 1 rings (SSSR count). The van der Waals surface area contributed by atoms with Gasteiger partial charge in [-0.05, 0) is 0 Å². The molecule has 0 saturated carbocycles. The molecule has 0 aromatic heterocycles. The Morgan fingerprint density at radius 1 is 0.444 bits per heavy atom. The maximum Gasteiger partial charge on any atom is 0 e. The number of hydrogen-bond acceptors (Lipinski definition) is 0. The molecule has 0 saturated heterocycles. The van der Waals surface area contributed by atoms with Gasteiger partial charge in [0.2, 0.25) is 0 Å². The summed E-state index contributed by atoms with van der Waals surface area (Å²) in [6, 6.07) is 12.0. The highest BCUT2D eigenvalue weighted by molar-refractivity contribution is 5.75. The normalized spacial score (nSPS) is 5.33. The van der Waals surface area contributed by atoms with Gasteiger partial charge in [0.1, 0.15) is 0 Å². The summed E-state index contributed by atoms with van der Waals surface area (Å²) in [7, 11) is 0. The molecule has 0 nitrogen and oxygen atoms in total. The molecule has 0 unspecified atom stereocenters. The van der Waals surface area contributed by atoms with Crippen molar-refractivity contribution in [1.29, 1.82) is 0 Å². The van der Waals surface area contributed by atoms with Gasteiger partial charge < -0.3 is 0 Å². The minimum absolute atomic E-state index is 0. The van der Waals surface area contributed by atoms with Crippen molar-refractivity contribution in [3.8, 4) is 0 Å². The second-order valence-electron chi connectivity index (χ2n) is 1.15. The van der Waals surface area contributed by atoms with Gasteiger partial charge in [-0.2, -0.15) is 0 Å². The summed E-state index contributed by atoms with van der Waals surface area (Å²) >= 11 is 0.